The number of hydrogen-bond donors (Lipinski definition) is 1. The molecule has 0 unspecified atom stereocenters. The number of ether oxygens (including phenoxy) is 1. The summed E-state index contributed by atoms with van der Waals surface area (Å²) < 4.78 is 5.26. The second-order valence-electron chi connectivity index (χ2n) is 3.90. The van der Waals surface area contributed by atoms with Gasteiger partial charge in [-0.3, -0.25) is 0 Å². The van der Waals surface area contributed by atoms with Crippen molar-refractivity contribution in [3.8, 4) is 0 Å². The maximum Gasteiger partial charge on any atom is 0.191 e. The Kier molecular flexibility index (Phi) is 6.73. The van der Waals surface area contributed by atoms with Crippen LogP contribution in [0.5, 0.6) is 0 Å². The minimum Gasteiger partial charge on any atom is -0.378 e. The number of halogens is 2. The van der Waals surface area contributed by atoms with Gasteiger partial charge in [0.15, 0.2) is 5.96 Å². The minimum atomic E-state index is 0. The fraction of sp³-hybridized carbons (Fsp3) is 0.417. The third-order valence-corrected chi connectivity index (χ3v) is 2.88. The third-order valence-electron chi connectivity index (χ3n) is 2.65. The van der Waals surface area contributed by atoms with Gasteiger partial charge in [-0.05, 0) is 17.7 Å². The fourth-order valence-corrected chi connectivity index (χ4v) is 1.91. The predicted octanol–water partition coefficient (Wildman–Crippen LogP) is 2.10. The van der Waals surface area contributed by atoms with E-state index in [1.807, 2.05) is 29.2 Å². The lowest BCUT2D eigenvalue weighted by molar-refractivity contribution is 0.0674. The van der Waals surface area contributed by atoms with Crippen molar-refractivity contribution in [2.75, 3.05) is 26.3 Å². The van der Waals surface area contributed by atoms with Gasteiger partial charge in [0.1, 0.15) is 0 Å². The van der Waals surface area contributed by atoms with E-state index in [-0.39, 0.29) is 24.0 Å². The van der Waals surface area contributed by atoms with Gasteiger partial charge in [0.25, 0.3) is 0 Å². The van der Waals surface area contributed by atoms with Crippen LogP contribution in [-0.2, 0) is 11.3 Å². The van der Waals surface area contributed by atoms with Crippen molar-refractivity contribution in [1.29, 1.82) is 0 Å². The van der Waals surface area contributed by atoms with Crippen molar-refractivity contribution < 1.29 is 4.74 Å². The molecule has 0 aromatic heterocycles. The van der Waals surface area contributed by atoms with Crippen LogP contribution >= 0.6 is 35.6 Å². The first-order valence-corrected chi connectivity index (χ1v) is 6.00. The number of rotatable bonds is 2. The standard InChI is InChI=1S/C12H16ClN3O.HI/c13-11-3-1-2-10(8-11)9-15-12(14)16-4-6-17-7-5-16;/h1-3,8H,4-7,9H2,(H2,14,15);1H. The lowest BCUT2D eigenvalue weighted by atomic mass is 10.2. The van der Waals surface area contributed by atoms with Gasteiger partial charge in [0.2, 0.25) is 0 Å². The highest BCUT2D eigenvalue weighted by molar-refractivity contribution is 14.0. The average Bonchev–Trinajstić information content (AvgIpc) is 2.37. The number of hydrogen-bond acceptors (Lipinski definition) is 2. The topological polar surface area (TPSA) is 50.8 Å². The summed E-state index contributed by atoms with van der Waals surface area (Å²) in [5.74, 6) is 0.577. The first-order valence-electron chi connectivity index (χ1n) is 5.63. The molecule has 0 bridgehead atoms. The zero-order valence-corrected chi connectivity index (χ0v) is 13.1. The highest BCUT2D eigenvalue weighted by Gasteiger charge is 2.11. The summed E-state index contributed by atoms with van der Waals surface area (Å²) in [6, 6.07) is 7.65. The van der Waals surface area contributed by atoms with Crippen LogP contribution in [0.3, 0.4) is 0 Å². The van der Waals surface area contributed by atoms with Gasteiger partial charge in [0, 0.05) is 18.1 Å². The van der Waals surface area contributed by atoms with Crippen molar-refractivity contribution >= 4 is 41.5 Å². The first kappa shape index (κ1) is 15.5. The van der Waals surface area contributed by atoms with Gasteiger partial charge in [0.05, 0.1) is 19.8 Å². The molecule has 1 aliphatic rings. The van der Waals surface area contributed by atoms with Gasteiger partial charge in [-0.15, -0.1) is 24.0 Å². The maximum absolute atomic E-state index is 5.92. The van der Waals surface area contributed by atoms with E-state index >= 15 is 0 Å². The Morgan fingerprint density at radius 1 is 1.39 bits per heavy atom. The molecular weight excluding hydrogens is 365 g/mol. The Bertz CT molecular complexity index is 408. The summed E-state index contributed by atoms with van der Waals surface area (Å²) in [6.45, 7) is 3.61. The number of aliphatic imine (C=N–C) groups is 1. The summed E-state index contributed by atoms with van der Waals surface area (Å²) in [6.07, 6.45) is 0. The summed E-state index contributed by atoms with van der Waals surface area (Å²) in [7, 11) is 0. The van der Waals surface area contributed by atoms with E-state index in [9.17, 15) is 0 Å². The maximum atomic E-state index is 5.92. The molecule has 0 radical (unpaired) electrons. The van der Waals surface area contributed by atoms with E-state index in [0.29, 0.717) is 25.7 Å². The minimum absolute atomic E-state index is 0. The quantitative estimate of drug-likeness (QED) is 0.485. The van der Waals surface area contributed by atoms with Gasteiger partial charge < -0.3 is 15.4 Å². The fourth-order valence-electron chi connectivity index (χ4n) is 1.70. The Morgan fingerprint density at radius 2 is 2.11 bits per heavy atom. The normalized spacial score (nSPS) is 16.3. The zero-order chi connectivity index (χ0) is 12.1. The third kappa shape index (κ3) is 4.62. The lowest BCUT2D eigenvalue weighted by Crippen LogP contribution is -2.44. The second kappa shape index (κ2) is 7.81. The van der Waals surface area contributed by atoms with E-state index in [0.717, 1.165) is 23.7 Å². The van der Waals surface area contributed by atoms with Gasteiger partial charge in [-0.2, -0.15) is 0 Å². The number of benzene rings is 1. The molecule has 0 aliphatic carbocycles. The smallest absolute Gasteiger partial charge is 0.191 e. The largest absolute Gasteiger partial charge is 0.378 e. The van der Waals surface area contributed by atoms with Gasteiger partial charge >= 0.3 is 0 Å². The number of nitrogens with two attached hydrogens (primary N) is 1. The van der Waals surface area contributed by atoms with Crippen LogP contribution in [0.15, 0.2) is 29.3 Å². The molecule has 1 saturated heterocycles. The van der Waals surface area contributed by atoms with Crippen LogP contribution < -0.4 is 5.73 Å². The van der Waals surface area contributed by atoms with Crippen LogP contribution in [0.4, 0.5) is 0 Å². The van der Waals surface area contributed by atoms with E-state index in [1.165, 1.54) is 0 Å². The van der Waals surface area contributed by atoms with E-state index in [1.54, 1.807) is 0 Å². The Morgan fingerprint density at radius 3 is 2.78 bits per heavy atom. The summed E-state index contributed by atoms with van der Waals surface area (Å²) in [4.78, 5) is 6.40. The summed E-state index contributed by atoms with van der Waals surface area (Å²) in [5.41, 5.74) is 6.99. The first-order chi connectivity index (χ1) is 8.25. The Labute approximate surface area is 129 Å². The molecule has 0 saturated carbocycles. The second-order valence-corrected chi connectivity index (χ2v) is 4.34. The molecule has 0 spiro atoms. The number of nitrogens with zero attached hydrogens (tertiary/aromatic N) is 2. The Hall–Kier alpha value is -0.530. The molecule has 100 valence electrons. The van der Waals surface area contributed by atoms with Crippen LogP contribution in [-0.4, -0.2) is 37.2 Å². The molecular formula is C12H17ClIN3O. The highest BCUT2D eigenvalue weighted by atomic mass is 127. The molecule has 1 aromatic rings. The van der Waals surface area contributed by atoms with Crippen molar-refractivity contribution in [2.24, 2.45) is 10.7 Å². The van der Waals surface area contributed by atoms with Crippen LogP contribution in [0.2, 0.25) is 5.02 Å². The van der Waals surface area contributed by atoms with Crippen molar-refractivity contribution in [3.63, 3.8) is 0 Å². The molecule has 1 heterocycles. The van der Waals surface area contributed by atoms with E-state index in [4.69, 9.17) is 22.1 Å². The molecule has 2 rings (SSSR count). The van der Waals surface area contributed by atoms with Gasteiger partial charge in [-0.25, -0.2) is 4.99 Å². The molecule has 1 aliphatic heterocycles. The molecule has 4 nitrogen and oxygen atoms in total. The van der Waals surface area contributed by atoms with Crippen molar-refractivity contribution in [1.82, 2.24) is 4.90 Å². The molecule has 6 heteroatoms. The average molecular weight is 382 g/mol. The Balaban J connectivity index is 0.00000162. The molecule has 1 aromatic carbocycles. The molecule has 2 N–H and O–H groups in total. The zero-order valence-electron chi connectivity index (χ0n) is 10.0. The summed E-state index contributed by atoms with van der Waals surface area (Å²) in [5, 5.41) is 0.725. The predicted molar refractivity (Wildman–Crippen MR) is 84.6 cm³/mol. The van der Waals surface area contributed by atoms with Crippen molar-refractivity contribution in [3.05, 3.63) is 34.9 Å². The van der Waals surface area contributed by atoms with Crippen LogP contribution in [0.25, 0.3) is 0 Å². The van der Waals surface area contributed by atoms with E-state index in [2.05, 4.69) is 4.99 Å². The molecule has 18 heavy (non-hydrogen) atoms. The van der Waals surface area contributed by atoms with Gasteiger partial charge in [-0.1, -0.05) is 23.7 Å². The number of morpholine rings is 1. The van der Waals surface area contributed by atoms with Crippen LogP contribution in [0.1, 0.15) is 5.56 Å². The highest BCUT2D eigenvalue weighted by Crippen LogP contribution is 2.11. The monoisotopic (exact) mass is 381 g/mol. The molecule has 0 atom stereocenters. The lowest BCUT2D eigenvalue weighted by Gasteiger charge is -2.27. The van der Waals surface area contributed by atoms with E-state index < -0.39 is 0 Å². The SMILES string of the molecule is I.NC(=NCc1cccc(Cl)c1)N1CCOCC1. The van der Waals surface area contributed by atoms with Crippen LogP contribution in [0, 0.1) is 0 Å². The van der Waals surface area contributed by atoms with Crippen molar-refractivity contribution in [2.45, 2.75) is 6.54 Å². The molecule has 1 fully saturated rings. The number of guanidine groups is 1. The summed E-state index contributed by atoms with van der Waals surface area (Å²) >= 11 is 5.90. The molecule has 0 amide bonds.